The van der Waals surface area contributed by atoms with E-state index in [1.54, 1.807) is 13.4 Å². The minimum atomic E-state index is -0.310. The predicted molar refractivity (Wildman–Crippen MR) is 80.3 cm³/mol. The summed E-state index contributed by atoms with van der Waals surface area (Å²) in [6.07, 6.45) is 3.46. The molecule has 1 aromatic heterocycles. The van der Waals surface area contributed by atoms with Crippen LogP contribution in [0.1, 0.15) is 18.6 Å². The van der Waals surface area contributed by atoms with Crippen molar-refractivity contribution in [3.8, 4) is 0 Å². The average molecular weight is 308 g/mol. The maximum atomic E-state index is 12.1. The van der Waals surface area contributed by atoms with E-state index in [2.05, 4.69) is 10.2 Å². The summed E-state index contributed by atoms with van der Waals surface area (Å²) in [6, 6.07) is 3.90. The van der Waals surface area contributed by atoms with Gasteiger partial charge in [-0.05, 0) is 37.4 Å². The SMILES string of the molecule is COCCNC(=O)[C@@H]1C[C@H]2CCN(Cc3ccco3)C[C@@H]2O1. The molecule has 0 saturated carbocycles. The van der Waals surface area contributed by atoms with Gasteiger partial charge in [-0.3, -0.25) is 9.69 Å². The molecule has 0 aliphatic carbocycles. The standard InChI is InChI=1S/C16H24N2O4/c1-20-8-5-17-16(19)14-9-12-4-6-18(11-15(12)22-14)10-13-3-2-7-21-13/h2-3,7,12,14-15H,4-6,8-11H2,1H3,(H,17,19)/t12-,14+,15+/m1/s1. The number of carbonyl (C=O) groups excluding carboxylic acids is 1. The van der Waals surface area contributed by atoms with Gasteiger partial charge in [0.1, 0.15) is 11.9 Å². The van der Waals surface area contributed by atoms with Crippen LogP contribution in [-0.4, -0.2) is 56.4 Å². The molecule has 1 aromatic rings. The number of fused-ring (bicyclic) bond motifs is 1. The van der Waals surface area contributed by atoms with E-state index in [0.717, 1.165) is 38.2 Å². The van der Waals surface area contributed by atoms with Crippen molar-refractivity contribution in [2.75, 3.05) is 33.4 Å². The number of methoxy groups -OCH3 is 1. The summed E-state index contributed by atoms with van der Waals surface area (Å²) in [6.45, 7) is 3.78. The monoisotopic (exact) mass is 308 g/mol. The molecule has 2 fully saturated rings. The maximum Gasteiger partial charge on any atom is 0.249 e. The lowest BCUT2D eigenvalue weighted by atomic mass is 9.91. The first kappa shape index (κ1) is 15.5. The second-order valence-electron chi connectivity index (χ2n) is 6.05. The molecule has 0 unspecified atom stereocenters. The van der Waals surface area contributed by atoms with Gasteiger partial charge in [0.2, 0.25) is 5.91 Å². The number of nitrogens with zero attached hydrogens (tertiary/aromatic N) is 1. The van der Waals surface area contributed by atoms with Crippen molar-refractivity contribution in [1.29, 1.82) is 0 Å². The topological polar surface area (TPSA) is 63.9 Å². The number of piperidine rings is 1. The van der Waals surface area contributed by atoms with Gasteiger partial charge in [-0.2, -0.15) is 0 Å². The van der Waals surface area contributed by atoms with Crippen LogP contribution in [-0.2, 0) is 20.8 Å². The van der Waals surface area contributed by atoms with Crippen LogP contribution < -0.4 is 5.32 Å². The van der Waals surface area contributed by atoms with Crippen LogP contribution in [0.15, 0.2) is 22.8 Å². The minimum absolute atomic E-state index is 0.0102. The highest BCUT2D eigenvalue weighted by Gasteiger charge is 2.41. The summed E-state index contributed by atoms with van der Waals surface area (Å²) >= 11 is 0. The first-order valence-electron chi connectivity index (χ1n) is 7.93. The van der Waals surface area contributed by atoms with E-state index in [1.807, 2.05) is 12.1 Å². The Hall–Kier alpha value is -1.37. The lowest BCUT2D eigenvalue weighted by Crippen LogP contribution is -2.42. The molecule has 2 aliphatic heterocycles. The van der Waals surface area contributed by atoms with Gasteiger partial charge in [-0.25, -0.2) is 0 Å². The molecule has 1 N–H and O–H groups in total. The Morgan fingerprint density at radius 1 is 1.55 bits per heavy atom. The van der Waals surface area contributed by atoms with Gasteiger partial charge in [0.15, 0.2) is 0 Å². The Morgan fingerprint density at radius 3 is 3.23 bits per heavy atom. The van der Waals surface area contributed by atoms with E-state index < -0.39 is 0 Å². The first-order valence-corrected chi connectivity index (χ1v) is 7.93. The number of hydrogen-bond acceptors (Lipinski definition) is 5. The number of rotatable bonds is 6. The Balaban J connectivity index is 1.47. The molecule has 2 saturated heterocycles. The number of likely N-dealkylation sites (tertiary alicyclic amines) is 1. The molecule has 2 aliphatic rings. The van der Waals surface area contributed by atoms with Gasteiger partial charge in [-0.1, -0.05) is 0 Å². The Morgan fingerprint density at radius 2 is 2.45 bits per heavy atom. The van der Waals surface area contributed by atoms with E-state index in [9.17, 15) is 4.79 Å². The molecule has 1 amide bonds. The molecule has 6 nitrogen and oxygen atoms in total. The van der Waals surface area contributed by atoms with Crippen molar-refractivity contribution in [2.24, 2.45) is 5.92 Å². The highest BCUT2D eigenvalue weighted by molar-refractivity contribution is 5.81. The number of furan rings is 1. The van der Waals surface area contributed by atoms with Crippen molar-refractivity contribution in [2.45, 2.75) is 31.6 Å². The third-order valence-electron chi connectivity index (χ3n) is 4.49. The largest absolute Gasteiger partial charge is 0.468 e. The lowest BCUT2D eigenvalue weighted by Gasteiger charge is -2.33. The van der Waals surface area contributed by atoms with Crippen LogP contribution in [0.5, 0.6) is 0 Å². The molecule has 6 heteroatoms. The average Bonchev–Trinajstić information content (AvgIpc) is 3.16. The number of amides is 1. The molecular weight excluding hydrogens is 284 g/mol. The Bertz CT molecular complexity index is 477. The number of nitrogens with one attached hydrogen (secondary N) is 1. The lowest BCUT2D eigenvalue weighted by molar-refractivity contribution is -0.133. The van der Waals surface area contributed by atoms with E-state index >= 15 is 0 Å². The normalized spacial score (nSPS) is 28.5. The summed E-state index contributed by atoms with van der Waals surface area (Å²) in [5.41, 5.74) is 0. The highest BCUT2D eigenvalue weighted by atomic mass is 16.5. The van der Waals surface area contributed by atoms with Crippen LogP contribution in [0.2, 0.25) is 0 Å². The van der Waals surface area contributed by atoms with Gasteiger partial charge in [0.05, 0.1) is 25.5 Å². The van der Waals surface area contributed by atoms with Crippen LogP contribution >= 0.6 is 0 Å². The molecule has 3 heterocycles. The molecule has 22 heavy (non-hydrogen) atoms. The van der Waals surface area contributed by atoms with E-state index in [4.69, 9.17) is 13.9 Å². The zero-order valence-corrected chi connectivity index (χ0v) is 13.0. The summed E-state index contributed by atoms with van der Waals surface area (Å²) in [7, 11) is 1.63. The second kappa shape index (κ2) is 7.26. The fraction of sp³-hybridized carbons (Fsp3) is 0.688. The summed E-state index contributed by atoms with van der Waals surface area (Å²) in [5.74, 6) is 1.46. The first-order chi connectivity index (χ1) is 10.8. The molecule has 0 bridgehead atoms. The van der Waals surface area contributed by atoms with Gasteiger partial charge >= 0.3 is 0 Å². The van der Waals surface area contributed by atoms with Crippen molar-refractivity contribution in [1.82, 2.24) is 10.2 Å². The molecule has 0 aromatic carbocycles. The van der Waals surface area contributed by atoms with E-state index in [0.29, 0.717) is 19.1 Å². The fourth-order valence-corrected chi connectivity index (χ4v) is 3.32. The predicted octanol–water partition coefficient (Wildman–Crippen LogP) is 1.02. The van der Waals surface area contributed by atoms with Crippen molar-refractivity contribution >= 4 is 5.91 Å². The van der Waals surface area contributed by atoms with E-state index in [-0.39, 0.29) is 18.1 Å². The van der Waals surface area contributed by atoms with Gasteiger partial charge < -0.3 is 19.2 Å². The Kier molecular flexibility index (Phi) is 5.12. The van der Waals surface area contributed by atoms with Crippen LogP contribution in [0.25, 0.3) is 0 Å². The summed E-state index contributed by atoms with van der Waals surface area (Å²) in [4.78, 5) is 14.4. The van der Waals surface area contributed by atoms with Crippen LogP contribution in [0.4, 0.5) is 0 Å². The number of hydrogen-bond donors (Lipinski definition) is 1. The van der Waals surface area contributed by atoms with E-state index in [1.165, 1.54) is 0 Å². The molecule has 0 radical (unpaired) electrons. The zero-order valence-electron chi connectivity index (χ0n) is 13.0. The molecule has 3 rings (SSSR count). The molecule has 122 valence electrons. The third-order valence-corrected chi connectivity index (χ3v) is 4.49. The van der Waals surface area contributed by atoms with Crippen LogP contribution in [0.3, 0.4) is 0 Å². The fourth-order valence-electron chi connectivity index (χ4n) is 3.32. The van der Waals surface area contributed by atoms with Gasteiger partial charge in [0.25, 0.3) is 0 Å². The molecular formula is C16H24N2O4. The third kappa shape index (κ3) is 3.69. The quantitative estimate of drug-likeness (QED) is 0.795. The summed E-state index contributed by atoms with van der Waals surface area (Å²) < 4.78 is 16.3. The second-order valence-corrected chi connectivity index (χ2v) is 6.05. The highest BCUT2D eigenvalue weighted by Crippen LogP contribution is 2.33. The molecule has 0 spiro atoms. The maximum absolute atomic E-state index is 12.1. The van der Waals surface area contributed by atoms with Crippen molar-refractivity contribution in [3.63, 3.8) is 0 Å². The number of carbonyl (C=O) groups is 1. The number of ether oxygens (including phenoxy) is 2. The van der Waals surface area contributed by atoms with Crippen molar-refractivity contribution in [3.05, 3.63) is 24.2 Å². The van der Waals surface area contributed by atoms with Crippen LogP contribution in [0, 0.1) is 5.92 Å². The Labute approximate surface area is 130 Å². The summed E-state index contributed by atoms with van der Waals surface area (Å²) in [5, 5.41) is 2.87. The van der Waals surface area contributed by atoms with Crippen molar-refractivity contribution < 1.29 is 18.7 Å². The smallest absolute Gasteiger partial charge is 0.249 e. The zero-order chi connectivity index (χ0) is 15.4. The van der Waals surface area contributed by atoms with Gasteiger partial charge in [0, 0.05) is 20.2 Å². The molecule has 3 atom stereocenters. The minimum Gasteiger partial charge on any atom is -0.468 e. The van der Waals surface area contributed by atoms with Gasteiger partial charge in [-0.15, -0.1) is 0 Å².